The molecule has 0 saturated heterocycles. The summed E-state index contributed by atoms with van der Waals surface area (Å²) in [7, 11) is 0. The van der Waals surface area contributed by atoms with E-state index >= 15 is 0 Å². The third-order valence-electron chi connectivity index (χ3n) is 8.85. The van der Waals surface area contributed by atoms with Crippen LogP contribution in [0.3, 0.4) is 0 Å². The molecule has 3 aliphatic carbocycles. The highest BCUT2D eigenvalue weighted by Crippen LogP contribution is 2.65. The first kappa shape index (κ1) is 26.1. The number of rotatable bonds is 3. The van der Waals surface area contributed by atoms with Crippen molar-refractivity contribution in [2.75, 3.05) is 0 Å². The van der Waals surface area contributed by atoms with E-state index in [1.165, 1.54) is 0 Å². The van der Waals surface area contributed by atoms with Crippen LogP contribution < -0.4 is 0 Å². The Labute approximate surface area is 211 Å². The zero-order chi connectivity index (χ0) is 27.3. The number of aliphatic hydroxyl groups excluding tert-OH is 2. The molecule has 0 bridgehead atoms. The van der Waals surface area contributed by atoms with Crippen LogP contribution in [-0.4, -0.2) is 43.4 Å². The zero-order valence-electron chi connectivity index (χ0n) is 22.2. The molecule has 1 aromatic carbocycles. The van der Waals surface area contributed by atoms with Gasteiger partial charge in [-0.1, -0.05) is 47.6 Å². The second-order valence-corrected chi connectivity index (χ2v) is 12.1. The van der Waals surface area contributed by atoms with Gasteiger partial charge in [0.25, 0.3) is 0 Å². The minimum Gasteiger partial charge on any atom is -0.508 e. The van der Waals surface area contributed by atoms with Crippen LogP contribution in [0.2, 0.25) is 0 Å². The van der Waals surface area contributed by atoms with Crippen molar-refractivity contribution in [2.45, 2.75) is 79.8 Å². The molecule has 4 rings (SSSR count). The fourth-order valence-electron chi connectivity index (χ4n) is 7.47. The summed E-state index contributed by atoms with van der Waals surface area (Å²) in [5.74, 6) is -4.97. The van der Waals surface area contributed by atoms with Gasteiger partial charge in [-0.2, -0.15) is 0 Å². The van der Waals surface area contributed by atoms with Gasteiger partial charge in [0.2, 0.25) is 5.78 Å². The maximum atomic E-state index is 14.2. The number of carbonyl (C=O) groups is 3. The second-order valence-electron chi connectivity index (χ2n) is 12.1. The average Bonchev–Trinajstić information content (AvgIpc) is 2.72. The predicted molar refractivity (Wildman–Crippen MR) is 135 cm³/mol. The number of fused-ring (bicyclic) bond motifs is 3. The third-order valence-corrected chi connectivity index (χ3v) is 8.85. The van der Waals surface area contributed by atoms with Gasteiger partial charge in [0.05, 0.1) is 5.56 Å². The summed E-state index contributed by atoms with van der Waals surface area (Å²) in [5, 5.41) is 45.7. The molecule has 0 heterocycles. The Kier molecular flexibility index (Phi) is 5.65. The monoisotopic (exact) mass is 496 g/mol. The molecular weight excluding hydrogens is 460 g/mol. The summed E-state index contributed by atoms with van der Waals surface area (Å²) in [5.41, 5.74) is -3.32. The van der Waals surface area contributed by atoms with Crippen LogP contribution >= 0.6 is 0 Å². The highest BCUT2D eigenvalue weighted by molar-refractivity contribution is 6.24. The maximum absolute atomic E-state index is 14.2. The Hall–Kier alpha value is -2.93. The lowest BCUT2D eigenvalue weighted by molar-refractivity contribution is -0.178. The lowest BCUT2D eigenvalue weighted by Crippen LogP contribution is -2.69. The van der Waals surface area contributed by atoms with Gasteiger partial charge in [0, 0.05) is 22.3 Å². The average molecular weight is 497 g/mol. The van der Waals surface area contributed by atoms with Gasteiger partial charge < -0.3 is 20.4 Å². The number of allylic oxidation sites excluding steroid dienone is 1. The van der Waals surface area contributed by atoms with Gasteiger partial charge in [0.1, 0.15) is 22.8 Å². The van der Waals surface area contributed by atoms with E-state index in [9.17, 15) is 34.8 Å². The van der Waals surface area contributed by atoms with Gasteiger partial charge in [-0.3, -0.25) is 14.4 Å². The Morgan fingerprint density at radius 1 is 1.08 bits per heavy atom. The van der Waals surface area contributed by atoms with E-state index < -0.39 is 56.8 Å². The van der Waals surface area contributed by atoms with Crippen LogP contribution in [0.1, 0.15) is 83.1 Å². The maximum Gasteiger partial charge on any atom is 0.203 e. The smallest absolute Gasteiger partial charge is 0.203 e. The Morgan fingerprint density at radius 3 is 2.17 bits per heavy atom. The van der Waals surface area contributed by atoms with E-state index in [2.05, 4.69) is 0 Å². The summed E-state index contributed by atoms with van der Waals surface area (Å²) in [6.07, 6.45) is 0.389. The first-order chi connectivity index (χ1) is 16.5. The van der Waals surface area contributed by atoms with Gasteiger partial charge in [-0.05, 0) is 55.2 Å². The van der Waals surface area contributed by atoms with Crippen LogP contribution in [0.25, 0.3) is 5.76 Å². The molecule has 0 radical (unpaired) electrons. The molecule has 0 amide bonds. The van der Waals surface area contributed by atoms with E-state index in [0.717, 1.165) is 18.1 Å². The topological polar surface area (TPSA) is 132 Å². The number of ketones is 3. The van der Waals surface area contributed by atoms with Crippen molar-refractivity contribution in [1.29, 1.82) is 0 Å². The molecule has 0 aliphatic heterocycles. The summed E-state index contributed by atoms with van der Waals surface area (Å²) >= 11 is 0. The number of hydrogen-bond acceptors (Lipinski definition) is 7. The molecule has 1 fully saturated rings. The summed E-state index contributed by atoms with van der Waals surface area (Å²) in [4.78, 5) is 40.2. The van der Waals surface area contributed by atoms with Crippen molar-refractivity contribution in [3.63, 3.8) is 0 Å². The number of aromatic hydroxyl groups is 1. The summed E-state index contributed by atoms with van der Waals surface area (Å²) in [6, 6.07) is 1.89. The van der Waals surface area contributed by atoms with Crippen molar-refractivity contribution in [1.82, 2.24) is 0 Å². The number of hydrogen-bond donors (Lipinski definition) is 4. The Balaban J connectivity index is 2.12. The fourth-order valence-corrected chi connectivity index (χ4v) is 7.47. The highest BCUT2D eigenvalue weighted by atomic mass is 16.3. The summed E-state index contributed by atoms with van der Waals surface area (Å²) < 4.78 is 0. The minimum absolute atomic E-state index is 0.0765. The number of phenolic OH excluding ortho intramolecular Hbond substituents is 1. The van der Waals surface area contributed by atoms with Crippen LogP contribution in [0.15, 0.2) is 23.0 Å². The summed E-state index contributed by atoms with van der Waals surface area (Å²) in [6.45, 7) is 13.9. The number of aryl methyl sites for hydroxylation is 1. The molecule has 3 aliphatic rings. The lowest BCUT2D eigenvalue weighted by atomic mass is 9.43. The van der Waals surface area contributed by atoms with Gasteiger partial charge in [-0.15, -0.1) is 0 Å². The Morgan fingerprint density at radius 2 is 1.67 bits per heavy atom. The number of phenols is 1. The van der Waals surface area contributed by atoms with Crippen molar-refractivity contribution in [3.05, 3.63) is 45.2 Å². The molecule has 1 aromatic rings. The largest absolute Gasteiger partial charge is 0.508 e. The van der Waals surface area contributed by atoms with Gasteiger partial charge in [-0.25, -0.2) is 0 Å². The first-order valence-corrected chi connectivity index (χ1v) is 12.5. The standard InChI is InChI=1S/C29H36O7/c1-12(2)16-9-14(5)22(31)19-17(16)10-27(7)11-28(8)20(13(3)4)23(32)18(15(6)30)25(34)29(28,36)26(35)21(27)24(19)33/h9,12-13,20,31,33-34,36H,10-11H2,1-8H3/t20?,27-,28-,29+/m1/s1. The van der Waals surface area contributed by atoms with Gasteiger partial charge >= 0.3 is 0 Å². The number of benzene rings is 1. The quantitative estimate of drug-likeness (QED) is 0.449. The number of aliphatic hydroxyl groups is 3. The van der Waals surface area contributed by atoms with E-state index in [0.29, 0.717) is 12.0 Å². The van der Waals surface area contributed by atoms with Crippen LogP contribution in [0.4, 0.5) is 0 Å². The molecule has 4 atom stereocenters. The molecule has 1 saturated carbocycles. The normalized spacial score (nSPS) is 32.1. The van der Waals surface area contributed by atoms with Crippen molar-refractivity contribution in [2.24, 2.45) is 22.7 Å². The van der Waals surface area contributed by atoms with E-state index in [4.69, 9.17) is 0 Å². The predicted octanol–water partition coefficient (Wildman–Crippen LogP) is 4.62. The molecule has 7 heteroatoms. The highest BCUT2D eigenvalue weighted by Gasteiger charge is 2.72. The lowest BCUT2D eigenvalue weighted by Gasteiger charge is -2.59. The minimum atomic E-state index is -2.59. The molecule has 194 valence electrons. The number of carbonyl (C=O) groups excluding carboxylic acids is 3. The fraction of sp³-hybridized carbons (Fsp3) is 0.552. The second kappa shape index (κ2) is 7.78. The van der Waals surface area contributed by atoms with E-state index in [1.54, 1.807) is 27.7 Å². The van der Waals surface area contributed by atoms with Crippen LogP contribution in [0, 0.1) is 29.6 Å². The molecule has 36 heavy (non-hydrogen) atoms. The molecule has 4 N–H and O–H groups in total. The van der Waals surface area contributed by atoms with Crippen molar-refractivity contribution >= 4 is 23.1 Å². The van der Waals surface area contributed by atoms with E-state index in [-0.39, 0.29) is 35.1 Å². The molecule has 0 aromatic heterocycles. The molecule has 7 nitrogen and oxygen atoms in total. The van der Waals surface area contributed by atoms with E-state index in [1.807, 2.05) is 26.8 Å². The molecular formula is C29H36O7. The Bertz CT molecular complexity index is 1300. The van der Waals surface area contributed by atoms with Crippen molar-refractivity contribution < 1.29 is 34.8 Å². The number of Topliss-reactive ketones (excluding diaryl/α,β-unsaturated/α-hetero) is 3. The third kappa shape index (κ3) is 2.98. The van der Waals surface area contributed by atoms with Crippen molar-refractivity contribution in [3.8, 4) is 5.75 Å². The first-order valence-electron chi connectivity index (χ1n) is 12.5. The molecule has 0 spiro atoms. The molecule has 1 unspecified atom stereocenters. The zero-order valence-corrected chi connectivity index (χ0v) is 22.2. The van der Waals surface area contributed by atoms with Gasteiger partial charge in [0.15, 0.2) is 17.2 Å². The van der Waals surface area contributed by atoms with Crippen LogP contribution in [0.5, 0.6) is 5.75 Å². The SMILES string of the molecule is CC(=O)C1=C(O)[C@]2(O)C(=O)C3=C(O)c4c(O)c(C)cc(C(C)C)c4C[C@]3(C)C[C@]2(C)C(C(C)C)C1=O. The van der Waals surface area contributed by atoms with Crippen LogP contribution in [-0.2, 0) is 20.8 Å².